The maximum absolute atomic E-state index is 13.6. The van der Waals surface area contributed by atoms with Crippen LogP contribution in [-0.4, -0.2) is 35.7 Å². The van der Waals surface area contributed by atoms with Crippen molar-refractivity contribution >= 4 is 11.1 Å². The first-order chi connectivity index (χ1) is 16.0. The second kappa shape index (κ2) is 8.91. The van der Waals surface area contributed by atoms with E-state index < -0.39 is 0 Å². The molecule has 1 unspecified atom stereocenters. The highest BCUT2D eigenvalue weighted by atomic mass is 19.1. The first-order valence-electron chi connectivity index (χ1n) is 11.5. The van der Waals surface area contributed by atoms with Gasteiger partial charge in [-0.25, -0.2) is 4.39 Å². The molecule has 0 spiro atoms. The largest absolute Gasteiger partial charge is 0.508 e. The molecule has 1 saturated heterocycles. The summed E-state index contributed by atoms with van der Waals surface area (Å²) in [5.74, 6) is 1.37. The van der Waals surface area contributed by atoms with Gasteiger partial charge in [0.25, 0.3) is 0 Å². The zero-order valence-electron chi connectivity index (χ0n) is 18.9. The smallest absolute Gasteiger partial charge is 0.150 e. The first-order valence-corrected chi connectivity index (χ1v) is 11.5. The zero-order chi connectivity index (χ0) is 22.9. The van der Waals surface area contributed by atoms with Gasteiger partial charge in [0.15, 0.2) is 0 Å². The van der Waals surface area contributed by atoms with Crippen LogP contribution in [0.2, 0.25) is 0 Å². The fourth-order valence-electron chi connectivity index (χ4n) is 4.69. The van der Waals surface area contributed by atoms with Crippen LogP contribution >= 0.6 is 0 Å². The van der Waals surface area contributed by atoms with Gasteiger partial charge >= 0.3 is 0 Å². The second-order valence-electron chi connectivity index (χ2n) is 8.79. The van der Waals surface area contributed by atoms with Gasteiger partial charge in [0.05, 0.1) is 0 Å². The summed E-state index contributed by atoms with van der Waals surface area (Å²) >= 11 is 0. The topological polar surface area (TPSA) is 41.9 Å². The summed E-state index contributed by atoms with van der Waals surface area (Å²) in [6.07, 6.45) is 1.01. The zero-order valence-corrected chi connectivity index (χ0v) is 18.9. The molecule has 33 heavy (non-hydrogen) atoms. The molecule has 2 aliphatic rings. The van der Waals surface area contributed by atoms with Gasteiger partial charge in [0.1, 0.15) is 35.3 Å². The van der Waals surface area contributed by atoms with Crippen LogP contribution in [0, 0.1) is 5.82 Å². The molecule has 4 nitrogen and oxygen atoms in total. The number of phenols is 1. The van der Waals surface area contributed by atoms with E-state index in [0.717, 1.165) is 59.6 Å². The molecule has 5 heteroatoms. The molecule has 5 rings (SSSR count). The van der Waals surface area contributed by atoms with Crippen molar-refractivity contribution in [1.29, 1.82) is 0 Å². The molecule has 1 fully saturated rings. The maximum atomic E-state index is 13.6. The van der Waals surface area contributed by atoms with Crippen LogP contribution in [0.3, 0.4) is 0 Å². The molecule has 1 atom stereocenters. The Morgan fingerprint density at radius 3 is 2.45 bits per heavy atom. The Labute approximate surface area is 193 Å². The Morgan fingerprint density at radius 1 is 1.03 bits per heavy atom. The van der Waals surface area contributed by atoms with E-state index in [1.54, 1.807) is 24.3 Å². The van der Waals surface area contributed by atoms with Crippen molar-refractivity contribution < 1.29 is 19.0 Å². The Kier molecular flexibility index (Phi) is 5.81. The lowest BCUT2D eigenvalue weighted by atomic mass is 9.86. The van der Waals surface area contributed by atoms with Gasteiger partial charge in [-0.1, -0.05) is 31.2 Å². The molecule has 2 heterocycles. The number of benzene rings is 3. The van der Waals surface area contributed by atoms with Crippen molar-refractivity contribution in [3.8, 4) is 17.2 Å². The molecule has 0 bridgehead atoms. The van der Waals surface area contributed by atoms with Gasteiger partial charge in [0.2, 0.25) is 0 Å². The minimum Gasteiger partial charge on any atom is -0.508 e. The Bertz CT molecular complexity index is 1160. The summed E-state index contributed by atoms with van der Waals surface area (Å²) in [5, 5.41) is 9.99. The third-order valence-electron chi connectivity index (χ3n) is 6.38. The fraction of sp³-hybridized carbons (Fsp3) is 0.286. The quantitative estimate of drug-likeness (QED) is 0.500. The molecular formula is C28H28FNO3. The number of hydrogen-bond donors (Lipinski definition) is 1. The molecule has 0 aromatic heterocycles. The number of nitrogens with zero attached hydrogens (tertiary/aromatic N) is 1. The summed E-state index contributed by atoms with van der Waals surface area (Å²) in [7, 11) is 0. The molecule has 1 N–H and O–H groups in total. The lowest BCUT2D eigenvalue weighted by Gasteiger charge is -2.38. The van der Waals surface area contributed by atoms with Crippen LogP contribution in [0.1, 0.15) is 43.1 Å². The molecule has 0 aliphatic carbocycles. The first kappa shape index (κ1) is 21.5. The Morgan fingerprint density at radius 2 is 1.76 bits per heavy atom. The van der Waals surface area contributed by atoms with Crippen molar-refractivity contribution in [2.24, 2.45) is 0 Å². The van der Waals surface area contributed by atoms with Gasteiger partial charge in [-0.2, -0.15) is 0 Å². The maximum Gasteiger partial charge on any atom is 0.150 e. The van der Waals surface area contributed by atoms with Gasteiger partial charge in [-0.05, 0) is 73.0 Å². The average Bonchev–Trinajstić information content (AvgIpc) is 2.79. The summed E-state index contributed by atoms with van der Waals surface area (Å²) in [4.78, 5) is 2.39. The van der Waals surface area contributed by atoms with Crippen LogP contribution in [0.15, 0.2) is 66.7 Å². The number of halogens is 1. The van der Waals surface area contributed by atoms with E-state index in [4.69, 9.17) is 9.47 Å². The molecule has 170 valence electrons. The number of allylic oxidation sites excluding steroid dienone is 1. The van der Waals surface area contributed by atoms with Gasteiger partial charge in [0, 0.05) is 30.3 Å². The third-order valence-corrected chi connectivity index (χ3v) is 6.38. The summed E-state index contributed by atoms with van der Waals surface area (Å²) in [6.45, 7) is 7.29. The number of aromatic hydroxyl groups is 1. The molecule has 2 aliphatic heterocycles. The Hall–Kier alpha value is -3.31. The van der Waals surface area contributed by atoms with Crippen molar-refractivity contribution in [3.63, 3.8) is 0 Å². The number of rotatable bonds is 6. The van der Waals surface area contributed by atoms with Crippen molar-refractivity contribution in [3.05, 3.63) is 89.2 Å². The van der Waals surface area contributed by atoms with Crippen molar-refractivity contribution in [2.75, 3.05) is 19.6 Å². The highest BCUT2D eigenvalue weighted by Crippen LogP contribution is 2.47. The Balaban J connectivity index is 1.44. The lowest BCUT2D eigenvalue weighted by Crippen LogP contribution is -2.53. The van der Waals surface area contributed by atoms with Crippen molar-refractivity contribution in [2.45, 2.75) is 32.5 Å². The average molecular weight is 446 g/mol. The molecule has 0 radical (unpaired) electrons. The van der Waals surface area contributed by atoms with E-state index in [1.165, 1.54) is 12.1 Å². The van der Waals surface area contributed by atoms with Crippen LogP contribution in [0.5, 0.6) is 17.2 Å². The van der Waals surface area contributed by atoms with E-state index in [9.17, 15) is 9.50 Å². The number of likely N-dealkylation sites (tertiary alicyclic amines) is 1. The van der Waals surface area contributed by atoms with E-state index in [0.29, 0.717) is 5.75 Å². The number of phenolic OH excluding ortho intramolecular Hbond substituents is 1. The fourth-order valence-corrected chi connectivity index (χ4v) is 4.69. The molecule has 0 amide bonds. The van der Waals surface area contributed by atoms with Gasteiger partial charge < -0.3 is 14.6 Å². The number of fused-ring (bicyclic) bond motifs is 1. The van der Waals surface area contributed by atoms with E-state index in [2.05, 4.69) is 11.8 Å². The van der Waals surface area contributed by atoms with Crippen LogP contribution < -0.4 is 9.47 Å². The second-order valence-corrected chi connectivity index (χ2v) is 8.79. The monoisotopic (exact) mass is 445 g/mol. The molecule has 3 aromatic rings. The van der Waals surface area contributed by atoms with Gasteiger partial charge in [-0.3, -0.25) is 4.90 Å². The summed E-state index contributed by atoms with van der Waals surface area (Å²) < 4.78 is 26.1. The normalized spacial score (nSPS) is 18.5. The predicted molar refractivity (Wildman–Crippen MR) is 128 cm³/mol. The van der Waals surface area contributed by atoms with Crippen LogP contribution in [0.25, 0.3) is 11.1 Å². The lowest BCUT2D eigenvalue weighted by molar-refractivity contribution is 0.0202. The molecule has 0 saturated carbocycles. The number of hydrogen-bond acceptors (Lipinski definition) is 4. The summed E-state index contributed by atoms with van der Waals surface area (Å²) in [6, 6.07) is 19.7. The summed E-state index contributed by atoms with van der Waals surface area (Å²) in [5.41, 5.74) is 4.82. The standard InChI is InChI=1S/C28H28FNO3/c1-3-14-30-16-24(17-30)32-23-11-6-20(7-12-23)28-27(19-4-8-21(29)9-5-19)18(2)25-13-10-22(31)15-26(25)33-28/h4-13,15,24,28,31H,3,14,16-17H2,1-2H3. The van der Waals surface area contributed by atoms with E-state index >= 15 is 0 Å². The molecule has 3 aromatic carbocycles. The van der Waals surface area contributed by atoms with Gasteiger partial charge in [-0.15, -0.1) is 0 Å². The van der Waals surface area contributed by atoms with Crippen molar-refractivity contribution in [1.82, 2.24) is 4.90 Å². The van der Waals surface area contributed by atoms with E-state index in [-0.39, 0.29) is 23.8 Å². The van der Waals surface area contributed by atoms with Crippen LogP contribution in [-0.2, 0) is 0 Å². The molecular weight excluding hydrogens is 417 g/mol. The third kappa shape index (κ3) is 4.33. The number of ether oxygens (including phenoxy) is 2. The highest BCUT2D eigenvalue weighted by Gasteiger charge is 2.30. The SMILES string of the molecule is CCCN1CC(Oc2ccc(C3Oc4cc(O)ccc4C(C)=C3c3ccc(F)cc3)cc2)C1. The minimum absolute atomic E-state index is 0.159. The predicted octanol–water partition coefficient (Wildman–Crippen LogP) is 6.07. The van der Waals surface area contributed by atoms with E-state index in [1.807, 2.05) is 37.3 Å². The minimum atomic E-state index is -0.387. The van der Waals surface area contributed by atoms with Crippen LogP contribution in [0.4, 0.5) is 4.39 Å². The highest BCUT2D eigenvalue weighted by molar-refractivity contribution is 5.95.